The normalized spacial score (nSPS) is 22.4. The van der Waals surface area contributed by atoms with Crippen LogP contribution in [0.5, 0.6) is 0 Å². The van der Waals surface area contributed by atoms with Crippen LogP contribution in [0.25, 0.3) is 0 Å². The lowest BCUT2D eigenvalue weighted by atomic mass is 9.99. The van der Waals surface area contributed by atoms with E-state index >= 15 is 0 Å². The molecule has 128 valence electrons. The zero-order valence-corrected chi connectivity index (χ0v) is 14.8. The van der Waals surface area contributed by atoms with Crippen LogP contribution >= 0.6 is 11.3 Å². The summed E-state index contributed by atoms with van der Waals surface area (Å²) in [7, 11) is 2.06. The van der Waals surface area contributed by atoms with Gasteiger partial charge in [-0.15, -0.1) is 11.3 Å². The van der Waals surface area contributed by atoms with Crippen molar-refractivity contribution >= 4 is 17.4 Å². The molecule has 1 saturated carbocycles. The molecule has 3 heterocycles. The highest BCUT2D eigenvalue weighted by Gasteiger charge is 2.37. The number of amides is 2. The lowest BCUT2D eigenvalue weighted by Crippen LogP contribution is -2.46. The zero-order valence-electron chi connectivity index (χ0n) is 14.0. The van der Waals surface area contributed by atoms with Gasteiger partial charge in [-0.1, -0.05) is 0 Å². The second kappa shape index (κ2) is 6.59. The van der Waals surface area contributed by atoms with Crippen molar-refractivity contribution in [3.63, 3.8) is 0 Å². The number of carbonyl (C=O) groups excluding carboxylic acids is 1. The number of hydrogen-bond donors (Lipinski definition) is 1. The van der Waals surface area contributed by atoms with Crippen molar-refractivity contribution in [2.75, 3.05) is 6.54 Å². The average Bonchev–Trinajstić information content (AvgIpc) is 3.11. The molecule has 1 saturated heterocycles. The minimum atomic E-state index is 0.0630. The maximum Gasteiger partial charge on any atom is 0.318 e. The standard InChI is InChI=1S/C18H24N4OS/c1-21-10-4-6-14(21)15-5-2-3-11-22(15)18(23)20-16(13-7-8-13)17-19-9-12-24-17/h4,6,9-10,12-13,15-16H,2-3,5,7-8,11H2,1H3,(H,20,23)/t15-,16+/m0/s1. The van der Waals surface area contributed by atoms with E-state index in [-0.39, 0.29) is 18.1 Å². The number of carbonyl (C=O) groups is 1. The fourth-order valence-electron chi connectivity index (χ4n) is 3.72. The quantitative estimate of drug-likeness (QED) is 0.915. The number of nitrogens with one attached hydrogen (secondary N) is 1. The molecule has 0 spiro atoms. The molecule has 6 heteroatoms. The highest BCUT2D eigenvalue weighted by Crippen LogP contribution is 2.42. The first-order chi connectivity index (χ1) is 11.7. The van der Waals surface area contributed by atoms with Gasteiger partial charge in [0.1, 0.15) is 5.01 Å². The summed E-state index contributed by atoms with van der Waals surface area (Å²) in [4.78, 5) is 19.5. The number of urea groups is 1. The predicted molar refractivity (Wildman–Crippen MR) is 94.8 cm³/mol. The van der Waals surface area contributed by atoms with E-state index in [0.717, 1.165) is 24.4 Å². The molecule has 0 aromatic carbocycles. The van der Waals surface area contributed by atoms with Crippen LogP contribution in [0.4, 0.5) is 4.79 Å². The van der Waals surface area contributed by atoms with E-state index < -0.39 is 0 Å². The number of aryl methyl sites for hydroxylation is 1. The molecule has 2 amide bonds. The number of nitrogens with zero attached hydrogens (tertiary/aromatic N) is 3. The number of rotatable bonds is 4. The van der Waals surface area contributed by atoms with Crippen molar-refractivity contribution in [1.29, 1.82) is 0 Å². The number of thiazole rings is 1. The monoisotopic (exact) mass is 344 g/mol. The largest absolute Gasteiger partial charge is 0.353 e. The summed E-state index contributed by atoms with van der Waals surface area (Å²) < 4.78 is 2.13. The molecular weight excluding hydrogens is 320 g/mol. The van der Waals surface area contributed by atoms with E-state index in [4.69, 9.17) is 0 Å². The van der Waals surface area contributed by atoms with Gasteiger partial charge in [0.15, 0.2) is 0 Å². The van der Waals surface area contributed by atoms with Crippen molar-refractivity contribution in [1.82, 2.24) is 19.8 Å². The Bertz CT molecular complexity index is 692. The second-order valence-corrected chi connectivity index (χ2v) is 7.81. The summed E-state index contributed by atoms with van der Waals surface area (Å²) in [5.74, 6) is 0.554. The van der Waals surface area contributed by atoms with Crippen LogP contribution < -0.4 is 5.32 Å². The third-order valence-corrected chi connectivity index (χ3v) is 6.04. The molecule has 2 aromatic rings. The van der Waals surface area contributed by atoms with Gasteiger partial charge in [-0.3, -0.25) is 0 Å². The summed E-state index contributed by atoms with van der Waals surface area (Å²) in [6.07, 6.45) is 9.56. The van der Waals surface area contributed by atoms with Crippen molar-refractivity contribution in [3.8, 4) is 0 Å². The Kier molecular flexibility index (Phi) is 4.31. The van der Waals surface area contributed by atoms with Crippen LogP contribution in [-0.4, -0.2) is 27.0 Å². The van der Waals surface area contributed by atoms with Crippen LogP contribution in [0, 0.1) is 5.92 Å². The number of likely N-dealkylation sites (tertiary alicyclic amines) is 1. The summed E-state index contributed by atoms with van der Waals surface area (Å²) in [6.45, 7) is 0.830. The molecule has 2 fully saturated rings. The third-order valence-electron chi connectivity index (χ3n) is 5.18. The number of piperidine rings is 1. The number of hydrogen-bond acceptors (Lipinski definition) is 3. The van der Waals surface area contributed by atoms with Crippen LogP contribution in [0.1, 0.15) is 54.9 Å². The molecule has 4 rings (SSSR count). The zero-order chi connectivity index (χ0) is 16.5. The molecule has 0 radical (unpaired) electrons. The van der Waals surface area contributed by atoms with Crippen LogP contribution in [0.3, 0.4) is 0 Å². The summed E-state index contributed by atoms with van der Waals surface area (Å²) in [6, 6.07) is 4.51. The van der Waals surface area contributed by atoms with Crippen molar-refractivity contribution in [2.45, 2.75) is 44.2 Å². The molecular formula is C18H24N4OS. The molecule has 2 atom stereocenters. The molecule has 0 unspecified atom stereocenters. The van der Waals surface area contributed by atoms with Gasteiger partial charge in [-0.25, -0.2) is 9.78 Å². The molecule has 1 N–H and O–H groups in total. The van der Waals surface area contributed by atoms with Crippen LogP contribution in [0.15, 0.2) is 29.9 Å². The predicted octanol–water partition coefficient (Wildman–Crippen LogP) is 3.87. The minimum absolute atomic E-state index is 0.0630. The van der Waals surface area contributed by atoms with Gasteiger partial charge < -0.3 is 14.8 Å². The Morgan fingerprint density at radius 3 is 2.92 bits per heavy atom. The van der Waals surface area contributed by atoms with Crippen molar-refractivity contribution < 1.29 is 4.79 Å². The van der Waals surface area contributed by atoms with E-state index in [1.54, 1.807) is 11.3 Å². The Morgan fingerprint density at radius 1 is 1.38 bits per heavy atom. The minimum Gasteiger partial charge on any atom is -0.353 e. The molecule has 2 aromatic heterocycles. The third kappa shape index (κ3) is 3.07. The van der Waals surface area contributed by atoms with Gasteiger partial charge in [-0.05, 0) is 50.2 Å². The highest BCUT2D eigenvalue weighted by atomic mass is 32.1. The van der Waals surface area contributed by atoms with Crippen LogP contribution in [-0.2, 0) is 7.05 Å². The lowest BCUT2D eigenvalue weighted by molar-refractivity contribution is 0.144. The Balaban J connectivity index is 1.52. The molecule has 24 heavy (non-hydrogen) atoms. The SMILES string of the molecule is Cn1cccc1[C@@H]1CCCCN1C(=O)N[C@@H](c1nccs1)C1CC1. The van der Waals surface area contributed by atoms with E-state index in [1.807, 2.05) is 16.5 Å². The summed E-state index contributed by atoms with van der Waals surface area (Å²) in [5, 5.41) is 6.32. The Hall–Kier alpha value is -1.82. The smallest absolute Gasteiger partial charge is 0.318 e. The fraction of sp³-hybridized carbons (Fsp3) is 0.556. The fourth-order valence-corrected chi connectivity index (χ4v) is 4.50. The van der Waals surface area contributed by atoms with Gasteiger partial charge in [0.2, 0.25) is 0 Å². The molecule has 1 aliphatic heterocycles. The van der Waals surface area contributed by atoms with E-state index in [1.165, 1.54) is 25.0 Å². The summed E-state index contributed by atoms with van der Waals surface area (Å²) in [5.41, 5.74) is 1.22. The average molecular weight is 344 g/mol. The topological polar surface area (TPSA) is 50.2 Å². The highest BCUT2D eigenvalue weighted by molar-refractivity contribution is 7.09. The Labute approximate surface area is 146 Å². The van der Waals surface area contributed by atoms with E-state index in [9.17, 15) is 4.79 Å². The molecule has 2 aliphatic rings. The van der Waals surface area contributed by atoms with Gasteiger partial charge in [0.05, 0.1) is 12.1 Å². The van der Waals surface area contributed by atoms with E-state index in [0.29, 0.717) is 5.92 Å². The summed E-state index contributed by atoms with van der Waals surface area (Å²) >= 11 is 1.64. The van der Waals surface area contributed by atoms with Crippen molar-refractivity contribution in [2.24, 2.45) is 13.0 Å². The van der Waals surface area contributed by atoms with Gasteiger partial charge in [-0.2, -0.15) is 0 Å². The van der Waals surface area contributed by atoms with Crippen LogP contribution in [0.2, 0.25) is 0 Å². The maximum absolute atomic E-state index is 13.0. The molecule has 0 bridgehead atoms. The van der Waals surface area contributed by atoms with Gasteiger partial charge in [0, 0.05) is 37.1 Å². The van der Waals surface area contributed by atoms with Gasteiger partial charge >= 0.3 is 6.03 Å². The molecule has 5 nitrogen and oxygen atoms in total. The first-order valence-electron chi connectivity index (χ1n) is 8.82. The van der Waals surface area contributed by atoms with Gasteiger partial charge in [0.25, 0.3) is 0 Å². The second-order valence-electron chi connectivity index (χ2n) is 6.88. The molecule has 1 aliphatic carbocycles. The Morgan fingerprint density at radius 2 is 2.25 bits per heavy atom. The number of aromatic nitrogens is 2. The first-order valence-corrected chi connectivity index (χ1v) is 9.70. The van der Waals surface area contributed by atoms with Crippen molar-refractivity contribution in [3.05, 3.63) is 40.6 Å². The maximum atomic E-state index is 13.0. The lowest BCUT2D eigenvalue weighted by Gasteiger charge is -2.37. The first kappa shape index (κ1) is 15.7. The van der Waals surface area contributed by atoms with E-state index in [2.05, 4.69) is 40.2 Å².